The van der Waals surface area contributed by atoms with Crippen molar-refractivity contribution in [2.24, 2.45) is 5.22 Å². The molecule has 6 nitrogen and oxygen atoms in total. The van der Waals surface area contributed by atoms with Crippen LogP contribution in [0.25, 0.3) is 0 Å². The van der Waals surface area contributed by atoms with Crippen molar-refractivity contribution in [1.29, 1.82) is 5.53 Å². The lowest BCUT2D eigenvalue weighted by Gasteiger charge is -2.03. The van der Waals surface area contributed by atoms with Crippen LogP contribution in [0.2, 0.25) is 0 Å². The van der Waals surface area contributed by atoms with E-state index in [1.165, 1.54) is 5.01 Å². The molecule has 1 rings (SSSR count). The predicted octanol–water partition coefficient (Wildman–Crippen LogP) is 0.000770. The summed E-state index contributed by atoms with van der Waals surface area (Å²) in [5.74, 6) is -0.894. The van der Waals surface area contributed by atoms with Crippen molar-refractivity contribution in [2.45, 2.75) is 18.9 Å². The summed E-state index contributed by atoms with van der Waals surface area (Å²) in [6.07, 6.45) is 1.39. The molecule has 0 bridgehead atoms. The Morgan fingerprint density at radius 2 is 2.55 bits per heavy atom. The number of hydrogen-bond acceptors (Lipinski definition) is 3. The second-order valence-electron chi connectivity index (χ2n) is 2.35. The minimum absolute atomic E-state index is 0.580. The van der Waals surface area contributed by atoms with Crippen LogP contribution < -0.4 is 4.91 Å². The maximum absolute atomic E-state index is 10.5. The molecule has 6 heteroatoms. The second kappa shape index (κ2) is 3.12. The van der Waals surface area contributed by atoms with E-state index in [0.717, 1.165) is 6.42 Å². The highest BCUT2D eigenvalue weighted by Crippen LogP contribution is 2.16. The van der Waals surface area contributed by atoms with Gasteiger partial charge < -0.3 is 5.11 Å². The minimum atomic E-state index is -0.894. The van der Waals surface area contributed by atoms with E-state index in [9.17, 15) is 4.79 Å². The lowest BCUT2D eigenvalue weighted by molar-refractivity contribution is -0.142. The summed E-state index contributed by atoms with van der Waals surface area (Å²) in [6.45, 7) is 0.583. The molecule has 1 atom stereocenters. The van der Waals surface area contributed by atoms with Gasteiger partial charge in [0.25, 0.3) is 0 Å². The van der Waals surface area contributed by atoms with Gasteiger partial charge in [-0.05, 0) is 12.0 Å². The summed E-state index contributed by atoms with van der Waals surface area (Å²) in [4.78, 5) is 13.3. The van der Waals surface area contributed by atoms with Crippen LogP contribution in [-0.4, -0.2) is 28.7 Å². The van der Waals surface area contributed by atoms with Crippen LogP contribution in [0.5, 0.6) is 0 Å². The Kier molecular flexibility index (Phi) is 2.18. The van der Waals surface area contributed by atoms with Gasteiger partial charge >= 0.3 is 5.97 Å². The first-order chi connectivity index (χ1) is 5.25. The molecular formula is C5H9N4O2+. The Morgan fingerprint density at radius 3 is 3.09 bits per heavy atom. The van der Waals surface area contributed by atoms with Crippen molar-refractivity contribution < 1.29 is 9.90 Å². The third kappa shape index (κ3) is 1.53. The summed E-state index contributed by atoms with van der Waals surface area (Å²) in [7, 11) is 0. The van der Waals surface area contributed by atoms with Gasteiger partial charge in [0, 0.05) is 6.42 Å². The molecule has 0 aromatic heterocycles. The van der Waals surface area contributed by atoms with Gasteiger partial charge in [0.2, 0.25) is 11.3 Å². The largest absolute Gasteiger partial charge is 0.478 e. The lowest BCUT2D eigenvalue weighted by atomic mass is 10.2. The molecule has 1 fully saturated rings. The average molecular weight is 157 g/mol. The Balaban J connectivity index is 2.64. The van der Waals surface area contributed by atoms with Gasteiger partial charge in [0.1, 0.15) is 6.54 Å². The van der Waals surface area contributed by atoms with Crippen molar-refractivity contribution in [2.75, 3.05) is 6.54 Å². The van der Waals surface area contributed by atoms with Gasteiger partial charge in [-0.25, -0.2) is 4.79 Å². The molecule has 0 saturated carbocycles. The van der Waals surface area contributed by atoms with Crippen molar-refractivity contribution in [3.63, 3.8) is 0 Å². The van der Waals surface area contributed by atoms with E-state index >= 15 is 0 Å². The first-order valence-electron chi connectivity index (χ1n) is 3.32. The molecule has 0 aromatic carbocycles. The average Bonchev–Trinajstić information content (AvgIpc) is 2.36. The Morgan fingerprint density at radius 1 is 1.82 bits per heavy atom. The molecule has 2 N–H and O–H groups in total. The molecule has 0 amide bonds. The molecule has 1 aliphatic rings. The van der Waals surface area contributed by atoms with E-state index in [-0.39, 0.29) is 0 Å². The normalized spacial score (nSPS) is 22.9. The van der Waals surface area contributed by atoms with Gasteiger partial charge in [0.05, 0.1) is 4.91 Å². The first-order valence-corrected chi connectivity index (χ1v) is 3.32. The smallest absolute Gasteiger partial charge is 0.350 e. The SMILES string of the molecule is N=[N+]=NN1CCCC1C(=O)O. The van der Waals surface area contributed by atoms with Crippen LogP contribution in [0.15, 0.2) is 5.22 Å². The molecule has 1 unspecified atom stereocenters. The number of rotatable bonds is 2. The van der Waals surface area contributed by atoms with E-state index in [4.69, 9.17) is 10.6 Å². The third-order valence-corrected chi connectivity index (χ3v) is 1.67. The van der Waals surface area contributed by atoms with E-state index in [1.54, 1.807) is 0 Å². The predicted molar refractivity (Wildman–Crippen MR) is 34.6 cm³/mol. The minimum Gasteiger partial charge on any atom is -0.478 e. The quantitative estimate of drug-likeness (QED) is 0.436. The highest BCUT2D eigenvalue weighted by Gasteiger charge is 2.36. The van der Waals surface area contributed by atoms with Gasteiger partial charge in [-0.2, -0.15) is 0 Å². The monoisotopic (exact) mass is 157 g/mol. The van der Waals surface area contributed by atoms with E-state index in [2.05, 4.69) is 10.1 Å². The zero-order chi connectivity index (χ0) is 8.27. The highest BCUT2D eigenvalue weighted by atomic mass is 16.4. The van der Waals surface area contributed by atoms with Gasteiger partial charge in [0.15, 0.2) is 0 Å². The molecule has 60 valence electrons. The highest BCUT2D eigenvalue weighted by molar-refractivity contribution is 5.73. The van der Waals surface area contributed by atoms with Crippen LogP contribution in [-0.2, 0) is 4.79 Å². The number of carboxylic acid groups (broad SMARTS) is 1. The number of hydrogen-bond donors (Lipinski definition) is 2. The van der Waals surface area contributed by atoms with Crippen molar-refractivity contribution in [3.05, 3.63) is 0 Å². The van der Waals surface area contributed by atoms with E-state index in [1.807, 2.05) is 0 Å². The number of carboxylic acids is 1. The fourth-order valence-electron chi connectivity index (χ4n) is 1.17. The molecule has 0 spiro atoms. The van der Waals surface area contributed by atoms with Crippen LogP contribution >= 0.6 is 0 Å². The summed E-state index contributed by atoms with van der Waals surface area (Å²) in [5.41, 5.74) is 6.42. The van der Waals surface area contributed by atoms with Crippen LogP contribution in [0.3, 0.4) is 0 Å². The number of aliphatic carboxylic acids is 1. The Hall–Kier alpha value is -1.42. The van der Waals surface area contributed by atoms with Gasteiger partial charge in [-0.3, -0.25) is 0 Å². The maximum atomic E-state index is 10.5. The molecule has 0 aromatic rings. The van der Waals surface area contributed by atoms with E-state index < -0.39 is 12.0 Å². The third-order valence-electron chi connectivity index (χ3n) is 1.67. The van der Waals surface area contributed by atoms with Crippen LogP contribution in [0.4, 0.5) is 0 Å². The van der Waals surface area contributed by atoms with Crippen molar-refractivity contribution in [1.82, 2.24) is 9.92 Å². The van der Waals surface area contributed by atoms with Crippen molar-refractivity contribution >= 4 is 5.97 Å². The maximum Gasteiger partial charge on any atom is 0.350 e. The zero-order valence-electron chi connectivity index (χ0n) is 5.90. The topological polar surface area (TPSA) is 90.9 Å². The van der Waals surface area contributed by atoms with Gasteiger partial charge in [-0.1, -0.05) is 0 Å². The van der Waals surface area contributed by atoms with Gasteiger partial charge in [-0.15, -0.1) is 5.01 Å². The summed E-state index contributed by atoms with van der Waals surface area (Å²) in [5, 5.41) is 13.3. The molecule has 1 heterocycles. The number of nitrogens with one attached hydrogen (secondary N) is 1. The summed E-state index contributed by atoms with van der Waals surface area (Å²) >= 11 is 0. The number of carbonyl (C=O) groups is 1. The Labute approximate surface area is 63.0 Å². The molecule has 1 saturated heterocycles. The summed E-state index contributed by atoms with van der Waals surface area (Å²) < 4.78 is 0. The molecule has 11 heavy (non-hydrogen) atoms. The lowest BCUT2D eigenvalue weighted by Crippen LogP contribution is -2.31. The van der Waals surface area contributed by atoms with Crippen molar-refractivity contribution in [3.8, 4) is 0 Å². The van der Waals surface area contributed by atoms with E-state index in [0.29, 0.717) is 13.0 Å². The zero-order valence-corrected chi connectivity index (χ0v) is 5.90. The fraction of sp³-hybridized carbons (Fsp3) is 0.800. The molecule has 0 radical (unpaired) electrons. The fourth-order valence-corrected chi connectivity index (χ4v) is 1.17. The Bertz CT molecular complexity index is 203. The standard InChI is InChI=1S/C5H8N4O2/c6-7-8-9-3-1-2-4(9)5(10)11/h4,6H,1-3H2/p+1. The molecule has 0 aliphatic carbocycles. The summed E-state index contributed by atoms with van der Waals surface area (Å²) in [6, 6.07) is -0.580. The number of nitrogens with zero attached hydrogens (tertiary/aromatic N) is 3. The molecular weight excluding hydrogens is 148 g/mol. The first kappa shape index (κ1) is 7.68. The molecule has 1 aliphatic heterocycles. The second-order valence-corrected chi connectivity index (χ2v) is 2.35. The van der Waals surface area contributed by atoms with Crippen LogP contribution in [0.1, 0.15) is 12.8 Å². The van der Waals surface area contributed by atoms with Crippen LogP contribution in [0, 0.1) is 5.53 Å².